The van der Waals surface area contributed by atoms with Crippen LogP contribution in [0.4, 0.5) is 0 Å². The van der Waals surface area contributed by atoms with E-state index in [9.17, 15) is 4.79 Å². The zero-order valence-corrected chi connectivity index (χ0v) is 19.2. The van der Waals surface area contributed by atoms with Gasteiger partial charge in [-0.2, -0.15) is 0 Å². The summed E-state index contributed by atoms with van der Waals surface area (Å²) in [6, 6.07) is 17.2. The van der Waals surface area contributed by atoms with Crippen LogP contribution in [0.25, 0.3) is 0 Å². The Hall–Kier alpha value is -2.53. The predicted molar refractivity (Wildman–Crippen MR) is 125 cm³/mol. The van der Waals surface area contributed by atoms with Crippen LogP contribution in [0.5, 0.6) is 11.5 Å². The number of nitrogens with zero attached hydrogens (tertiary/aromatic N) is 2. The molecule has 0 aromatic heterocycles. The molecule has 2 aromatic rings. The van der Waals surface area contributed by atoms with E-state index in [1.807, 2.05) is 6.07 Å². The molecule has 3 atom stereocenters. The molecule has 5 heteroatoms. The number of rotatable bonds is 6. The number of piperidine rings is 1. The Kier molecular flexibility index (Phi) is 6.09. The first-order valence-corrected chi connectivity index (χ1v) is 12.0. The first-order valence-electron chi connectivity index (χ1n) is 12.0. The molecule has 0 N–H and O–H groups in total. The van der Waals surface area contributed by atoms with Crippen LogP contribution < -0.4 is 9.47 Å². The summed E-state index contributed by atoms with van der Waals surface area (Å²) in [5, 5.41) is 0. The summed E-state index contributed by atoms with van der Waals surface area (Å²) in [4.78, 5) is 18.1. The number of methoxy groups -OCH3 is 2. The fraction of sp³-hybridized carbons (Fsp3) is 0.519. The molecule has 5 nitrogen and oxygen atoms in total. The zero-order valence-electron chi connectivity index (χ0n) is 19.2. The van der Waals surface area contributed by atoms with Gasteiger partial charge in [0, 0.05) is 50.0 Å². The summed E-state index contributed by atoms with van der Waals surface area (Å²) in [5.74, 6) is 3.30. The van der Waals surface area contributed by atoms with Crippen molar-refractivity contribution in [2.45, 2.75) is 44.2 Å². The molecule has 5 rings (SSSR count). The van der Waals surface area contributed by atoms with Crippen LogP contribution in [0, 0.1) is 11.8 Å². The van der Waals surface area contributed by atoms with Crippen molar-refractivity contribution in [2.24, 2.45) is 11.8 Å². The van der Waals surface area contributed by atoms with Gasteiger partial charge in [0.25, 0.3) is 0 Å². The van der Waals surface area contributed by atoms with E-state index in [0.717, 1.165) is 56.9 Å². The van der Waals surface area contributed by atoms with Crippen molar-refractivity contribution in [3.63, 3.8) is 0 Å². The van der Waals surface area contributed by atoms with E-state index in [0.29, 0.717) is 23.8 Å². The van der Waals surface area contributed by atoms with E-state index in [1.54, 1.807) is 14.2 Å². The van der Waals surface area contributed by atoms with Gasteiger partial charge in [-0.15, -0.1) is 0 Å². The van der Waals surface area contributed by atoms with Crippen LogP contribution in [-0.4, -0.2) is 55.6 Å². The molecule has 1 amide bonds. The molecule has 2 aliphatic heterocycles. The molecule has 3 fully saturated rings. The van der Waals surface area contributed by atoms with Crippen molar-refractivity contribution in [1.82, 2.24) is 9.80 Å². The molecule has 2 saturated heterocycles. The number of benzene rings is 2. The average molecular weight is 435 g/mol. The average Bonchev–Trinajstić information content (AvgIpc) is 3.17. The molecule has 3 aliphatic rings. The lowest BCUT2D eigenvalue weighted by atomic mass is 9.81. The van der Waals surface area contributed by atoms with Crippen LogP contribution in [-0.2, 0) is 11.3 Å². The molecule has 0 radical (unpaired) electrons. The van der Waals surface area contributed by atoms with E-state index in [4.69, 9.17) is 9.47 Å². The Morgan fingerprint density at radius 2 is 1.75 bits per heavy atom. The van der Waals surface area contributed by atoms with Crippen LogP contribution >= 0.6 is 0 Å². The number of ether oxygens (including phenoxy) is 2. The van der Waals surface area contributed by atoms with Gasteiger partial charge in [-0.1, -0.05) is 30.7 Å². The first-order chi connectivity index (χ1) is 15.7. The molecule has 2 aromatic carbocycles. The highest BCUT2D eigenvalue weighted by Crippen LogP contribution is 2.44. The Morgan fingerprint density at radius 3 is 2.44 bits per heavy atom. The number of carbonyl (C=O) groups excluding carboxylic acids is 1. The van der Waals surface area contributed by atoms with Gasteiger partial charge in [0.05, 0.1) is 14.2 Å². The smallest absolute Gasteiger partial charge is 0.225 e. The second-order valence-corrected chi connectivity index (χ2v) is 9.60. The first kappa shape index (κ1) is 21.3. The second kappa shape index (κ2) is 9.14. The van der Waals surface area contributed by atoms with Crippen LogP contribution in [0.3, 0.4) is 0 Å². The predicted octanol–water partition coefficient (Wildman–Crippen LogP) is 4.32. The molecule has 2 heterocycles. The minimum absolute atomic E-state index is 0.264. The molecule has 0 bridgehead atoms. The van der Waals surface area contributed by atoms with Crippen LogP contribution in [0.15, 0.2) is 48.5 Å². The maximum atomic E-state index is 13.3. The van der Waals surface area contributed by atoms with Crippen LogP contribution in [0.1, 0.15) is 42.7 Å². The minimum atomic E-state index is 0.264. The molecule has 1 aliphatic carbocycles. The van der Waals surface area contributed by atoms with Crippen molar-refractivity contribution in [3.8, 4) is 11.5 Å². The van der Waals surface area contributed by atoms with E-state index in [2.05, 4.69) is 52.3 Å². The summed E-state index contributed by atoms with van der Waals surface area (Å²) in [7, 11) is 3.42. The molecular formula is C27H34N2O3. The lowest BCUT2D eigenvalue weighted by molar-refractivity contribution is -0.140. The molecule has 170 valence electrons. The van der Waals surface area contributed by atoms with Gasteiger partial charge in [-0.25, -0.2) is 0 Å². The zero-order chi connectivity index (χ0) is 22.1. The van der Waals surface area contributed by atoms with Crippen molar-refractivity contribution >= 4 is 5.91 Å². The fourth-order valence-electron chi connectivity index (χ4n) is 5.82. The largest absolute Gasteiger partial charge is 0.497 e. The van der Waals surface area contributed by atoms with Gasteiger partial charge in [0.2, 0.25) is 5.91 Å². The number of fused-ring (bicyclic) bond motifs is 1. The molecule has 1 saturated carbocycles. The molecule has 0 unspecified atom stereocenters. The summed E-state index contributed by atoms with van der Waals surface area (Å²) < 4.78 is 10.8. The number of carbonyl (C=O) groups is 1. The Bertz CT molecular complexity index is 940. The normalized spacial score (nSPS) is 25.8. The monoisotopic (exact) mass is 434 g/mol. The third-order valence-electron chi connectivity index (χ3n) is 7.84. The third kappa shape index (κ3) is 4.11. The molecule has 32 heavy (non-hydrogen) atoms. The maximum absolute atomic E-state index is 13.3. The van der Waals surface area contributed by atoms with Gasteiger partial charge in [-0.3, -0.25) is 9.69 Å². The highest BCUT2D eigenvalue weighted by Gasteiger charge is 2.48. The quantitative estimate of drug-likeness (QED) is 0.679. The number of amides is 1. The Balaban J connectivity index is 1.36. The lowest BCUT2D eigenvalue weighted by Gasteiger charge is -2.40. The highest BCUT2D eigenvalue weighted by molar-refractivity contribution is 5.80. The minimum Gasteiger partial charge on any atom is -0.497 e. The number of hydrogen-bond donors (Lipinski definition) is 0. The van der Waals surface area contributed by atoms with Crippen molar-refractivity contribution in [3.05, 3.63) is 59.7 Å². The van der Waals surface area contributed by atoms with Gasteiger partial charge < -0.3 is 14.4 Å². The van der Waals surface area contributed by atoms with Crippen molar-refractivity contribution < 1.29 is 14.3 Å². The summed E-state index contributed by atoms with van der Waals surface area (Å²) in [5.41, 5.74) is 2.61. The molecule has 0 spiro atoms. The summed E-state index contributed by atoms with van der Waals surface area (Å²) in [6.07, 6.45) is 4.40. The maximum Gasteiger partial charge on any atom is 0.225 e. The van der Waals surface area contributed by atoms with Gasteiger partial charge in [0.15, 0.2) is 0 Å². The second-order valence-electron chi connectivity index (χ2n) is 9.60. The van der Waals surface area contributed by atoms with Gasteiger partial charge in [-0.05, 0) is 54.7 Å². The lowest BCUT2D eigenvalue weighted by Crippen LogP contribution is -2.49. The van der Waals surface area contributed by atoms with E-state index >= 15 is 0 Å². The van der Waals surface area contributed by atoms with Crippen molar-refractivity contribution in [2.75, 3.05) is 33.9 Å². The van der Waals surface area contributed by atoms with Gasteiger partial charge in [0.1, 0.15) is 11.5 Å². The Morgan fingerprint density at radius 1 is 0.969 bits per heavy atom. The van der Waals surface area contributed by atoms with E-state index < -0.39 is 0 Å². The third-order valence-corrected chi connectivity index (χ3v) is 7.84. The van der Waals surface area contributed by atoms with Crippen LogP contribution in [0.2, 0.25) is 0 Å². The van der Waals surface area contributed by atoms with E-state index in [-0.39, 0.29) is 5.92 Å². The summed E-state index contributed by atoms with van der Waals surface area (Å²) >= 11 is 0. The SMILES string of the molecule is COc1ccc([C@H]2CN(C(=O)C3CCC3)[C@@H]3CCN(Cc4cccc(OC)c4)C[C@H]23)cc1. The summed E-state index contributed by atoms with van der Waals surface area (Å²) in [6.45, 7) is 3.82. The topological polar surface area (TPSA) is 42.0 Å². The standard InChI is InChI=1S/C27H34N2O3/c1-31-22-11-9-20(10-12-22)24-18-29(27(30)21-6-4-7-21)26-13-14-28(17-25(24)26)16-19-5-3-8-23(15-19)32-2/h3,5,8-12,15,21,24-26H,4,6-7,13-14,16-18H2,1-2H3/t24-,25-,26-/m1/s1. The Labute approximate surface area is 191 Å². The van der Waals surface area contributed by atoms with Crippen molar-refractivity contribution in [1.29, 1.82) is 0 Å². The van der Waals surface area contributed by atoms with E-state index in [1.165, 1.54) is 17.5 Å². The molecular weight excluding hydrogens is 400 g/mol. The number of hydrogen-bond acceptors (Lipinski definition) is 4. The fourth-order valence-corrected chi connectivity index (χ4v) is 5.82. The number of likely N-dealkylation sites (tertiary alicyclic amines) is 2. The van der Waals surface area contributed by atoms with Gasteiger partial charge >= 0.3 is 0 Å². The highest BCUT2D eigenvalue weighted by atomic mass is 16.5.